The molecule has 0 aliphatic heterocycles. The average molecular weight is 580 g/mol. The minimum Gasteiger partial charge on any atom is -0.462 e. The number of carbonyl (C=O) groups excluding carboxylic acids is 1. The van der Waals surface area contributed by atoms with Crippen LogP contribution < -0.4 is 0 Å². The highest BCUT2D eigenvalue weighted by molar-refractivity contribution is 5.81. The first-order valence-electron chi connectivity index (χ1n) is 8.58. The van der Waals surface area contributed by atoms with Crippen molar-refractivity contribution in [3.63, 3.8) is 0 Å². The molecule has 0 spiro atoms. The molecule has 0 unspecified atom stereocenters. The molecule has 37 heavy (non-hydrogen) atoms. The van der Waals surface area contributed by atoms with Gasteiger partial charge >= 0.3 is 47.7 Å². The van der Waals surface area contributed by atoms with E-state index in [2.05, 4.69) is 63.9 Å². The molecule has 0 aromatic heterocycles. The van der Waals surface area contributed by atoms with Gasteiger partial charge in [-0.3, -0.25) is 0 Å². The Morgan fingerprint density at radius 2 is 0.811 bits per heavy atom. The minimum atomic E-state index is -8.33. The van der Waals surface area contributed by atoms with Crippen molar-refractivity contribution >= 4 is 5.97 Å². The van der Waals surface area contributed by atoms with Gasteiger partial charge in [-0.05, 0) is 0 Å². The van der Waals surface area contributed by atoms with Crippen molar-refractivity contribution in [2.75, 3.05) is 6.61 Å². The Kier molecular flexibility index (Phi) is 19.2. The van der Waals surface area contributed by atoms with Crippen LogP contribution in [0.1, 0.15) is 6.42 Å². The minimum absolute atomic E-state index is 0.249. The molecule has 0 aliphatic carbocycles. The molecule has 0 aliphatic rings. The first kappa shape index (κ1) is 44.1. The van der Waals surface area contributed by atoms with E-state index in [0.717, 1.165) is 0 Å². The van der Waals surface area contributed by atoms with Gasteiger partial charge < -0.3 is 4.74 Å². The molecule has 220 valence electrons. The summed E-state index contributed by atoms with van der Waals surface area (Å²) in [6, 6.07) is 0. The number of alkyl halides is 15. The highest BCUT2D eigenvalue weighted by atomic mass is 19.4. The number of hydrogen-bond donors (Lipinski definition) is 0. The Labute approximate surface area is 202 Å². The highest BCUT2D eigenvalue weighted by Crippen LogP contribution is 2.62. The predicted molar refractivity (Wildman–Crippen MR) is 107 cm³/mol. The summed E-state index contributed by atoms with van der Waals surface area (Å²) >= 11 is 0. The Morgan fingerprint density at radius 3 is 1.08 bits per heavy atom. The van der Waals surface area contributed by atoms with E-state index in [1.807, 2.05) is 0 Å². The van der Waals surface area contributed by atoms with Gasteiger partial charge in [0, 0.05) is 6.08 Å². The Hall–Kier alpha value is -2.88. The van der Waals surface area contributed by atoms with Gasteiger partial charge in [0.05, 0.1) is 13.0 Å². The maximum Gasteiger partial charge on any atom is 0.460 e. The zero-order valence-corrected chi connectivity index (χ0v) is 18.8. The van der Waals surface area contributed by atoms with E-state index in [1.165, 1.54) is 0 Å². The first-order chi connectivity index (χ1) is 16.5. The number of esters is 1. The van der Waals surface area contributed by atoms with Gasteiger partial charge in [-0.1, -0.05) is 6.58 Å². The fraction of sp³-hybridized carbons (Fsp3) is 0.450. The molecule has 0 bridgehead atoms. The molecule has 2 nitrogen and oxygen atoms in total. The maximum atomic E-state index is 13.3. The van der Waals surface area contributed by atoms with Gasteiger partial charge in [-0.2, -0.15) is 65.9 Å². The zero-order chi connectivity index (χ0) is 31.9. The predicted octanol–water partition coefficient (Wildman–Crippen LogP) is 8.69. The number of carbonyl (C=O) groups is 1. The average Bonchev–Trinajstić information content (AvgIpc) is 2.82. The Balaban J connectivity index is -0.000000386. The molecule has 0 heterocycles. The molecular weight excluding hydrogens is 557 g/mol. The van der Waals surface area contributed by atoms with E-state index < -0.39 is 60.7 Å². The molecule has 0 saturated heterocycles. The lowest BCUT2D eigenvalue weighted by atomic mass is 9.90. The van der Waals surface area contributed by atoms with E-state index in [9.17, 15) is 70.7 Å². The number of hydrogen-bond acceptors (Lipinski definition) is 2. The van der Waals surface area contributed by atoms with Crippen LogP contribution >= 0.6 is 0 Å². The molecule has 0 radical (unpaired) electrons. The molecule has 0 aromatic carbocycles. The molecule has 0 fully saturated rings. The topological polar surface area (TPSA) is 26.3 Å². The van der Waals surface area contributed by atoms with Gasteiger partial charge in [-0.25, -0.2) is 4.79 Å². The summed E-state index contributed by atoms with van der Waals surface area (Å²) in [4.78, 5) is 10.5. The molecule has 0 amide bonds. The second-order valence-electron chi connectivity index (χ2n) is 5.20. The molecule has 17 heteroatoms. The lowest BCUT2D eigenvalue weighted by molar-refractivity contribution is -0.452. The monoisotopic (exact) mass is 580 g/mol. The quantitative estimate of drug-likeness (QED) is 0.118. The SMILES string of the molecule is C=C.C=C.C=C.C=C.C=CC(=O)OCCC(F)(F)C(F)(F)C(F)(F)C(F)(F)C(F)(F)C(F)(F)C(F)(F)F. The summed E-state index contributed by atoms with van der Waals surface area (Å²) in [7, 11) is 0. The summed E-state index contributed by atoms with van der Waals surface area (Å²) in [6.07, 6.45) is -10.1. The summed E-state index contributed by atoms with van der Waals surface area (Å²) in [5, 5.41) is 0. The molecule has 0 atom stereocenters. The van der Waals surface area contributed by atoms with Crippen LogP contribution in [-0.2, 0) is 9.53 Å². The van der Waals surface area contributed by atoms with Crippen molar-refractivity contribution in [2.45, 2.75) is 48.1 Å². The van der Waals surface area contributed by atoms with Gasteiger partial charge in [0.15, 0.2) is 0 Å². The summed E-state index contributed by atoms with van der Waals surface area (Å²) < 4.78 is 196. The second kappa shape index (κ2) is 16.1. The van der Waals surface area contributed by atoms with Gasteiger partial charge in [-0.15, -0.1) is 52.6 Å². The third-order valence-electron chi connectivity index (χ3n) is 3.22. The van der Waals surface area contributed by atoms with Gasteiger partial charge in [0.25, 0.3) is 0 Å². The van der Waals surface area contributed by atoms with Crippen LogP contribution in [0.4, 0.5) is 65.9 Å². The van der Waals surface area contributed by atoms with Crippen molar-refractivity contribution in [1.82, 2.24) is 0 Å². The standard InChI is InChI=1S/C12H7F15O2.4C2H4/c1-2-5(28)29-4-3-6(13,14)7(15,16)8(17,18)9(19,20)10(21,22)11(23,24)12(25,26)27;4*1-2/h2H,1,3-4H2;4*1-2H2. The van der Waals surface area contributed by atoms with E-state index in [4.69, 9.17) is 0 Å². The molecule has 0 aromatic rings. The van der Waals surface area contributed by atoms with Crippen LogP contribution in [0.15, 0.2) is 65.3 Å². The van der Waals surface area contributed by atoms with Crippen LogP contribution in [0, 0.1) is 0 Å². The van der Waals surface area contributed by atoms with E-state index in [0.29, 0.717) is 0 Å². The molecule has 0 N–H and O–H groups in total. The Bertz CT molecular complexity index is 678. The molecular formula is C20H23F15O2. The molecule has 0 saturated carbocycles. The fourth-order valence-electron chi connectivity index (χ4n) is 1.49. The first-order valence-corrected chi connectivity index (χ1v) is 8.58. The van der Waals surface area contributed by atoms with Crippen molar-refractivity contribution in [3.05, 3.63) is 65.3 Å². The van der Waals surface area contributed by atoms with E-state index in [1.54, 1.807) is 0 Å². The van der Waals surface area contributed by atoms with Crippen LogP contribution in [0.3, 0.4) is 0 Å². The van der Waals surface area contributed by atoms with Crippen LogP contribution in [-0.4, -0.2) is 54.3 Å². The highest BCUT2D eigenvalue weighted by Gasteiger charge is 2.93. The number of ether oxygens (including phenoxy) is 1. The Morgan fingerprint density at radius 1 is 0.541 bits per heavy atom. The van der Waals surface area contributed by atoms with Crippen LogP contribution in [0.2, 0.25) is 0 Å². The van der Waals surface area contributed by atoms with Crippen molar-refractivity contribution in [2.24, 2.45) is 0 Å². The normalized spacial score (nSPS) is 12.4. The second-order valence-corrected chi connectivity index (χ2v) is 5.20. The van der Waals surface area contributed by atoms with Crippen molar-refractivity contribution in [1.29, 1.82) is 0 Å². The third kappa shape index (κ3) is 8.87. The van der Waals surface area contributed by atoms with Crippen molar-refractivity contribution in [3.8, 4) is 0 Å². The summed E-state index contributed by atoms with van der Waals surface area (Å²) in [6.45, 7) is 24.8. The van der Waals surface area contributed by atoms with Gasteiger partial charge in [0.2, 0.25) is 0 Å². The van der Waals surface area contributed by atoms with Crippen LogP contribution in [0.5, 0.6) is 0 Å². The van der Waals surface area contributed by atoms with Crippen molar-refractivity contribution < 1.29 is 75.4 Å². The largest absolute Gasteiger partial charge is 0.462 e. The van der Waals surface area contributed by atoms with Crippen LogP contribution in [0.25, 0.3) is 0 Å². The summed E-state index contributed by atoms with van der Waals surface area (Å²) in [5.74, 6) is -48.4. The zero-order valence-electron chi connectivity index (χ0n) is 18.8. The molecule has 0 rings (SSSR count). The number of halogens is 15. The van der Waals surface area contributed by atoms with Gasteiger partial charge in [0.1, 0.15) is 0 Å². The third-order valence-corrected chi connectivity index (χ3v) is 3.22. The maximum absolute atomic E-state index is 13.3. The fourth-order valence-corrected chi connectivity index (χ4v) is 1.49. The summed E-state index contributed by atoms with van der Waals surface area (Å²) in [5.41, 5.74) is 0. The van der Waals surface area contributed by atoms with E-state index in [-0.39, 0.29) is 6.08 Å². The number of rotatable bonds is 9. The smallest absolute Gasteiger partial charge is 0.460 e. The lowest BCUT2D eigenvalue weighted by Gasteiger charge is -2.41. The lowest BCUT2D eigenvalue weighted by Crippen LogP contribution is -2.72. The van der Waals surface area contributed by atoms with E-state index >= 15 is 0 Å².